The first kappa shape index (κ1) is 30.1. The number of aromatic nitrogens is 1. The van der Waals surface area contributed by atoms with Gasteiger partial charge in [0.1, 0.15) is 11.6 Å². The summed E-state index contributed by atoms with van der Waals surface area (Å²) in [5, 5.41) is 17.0. The van der Waals surface area contributed by atoms with E-state index in [1.165, 1.54) is 13.3 Å². The zero-order valence-corrected chi connectivity index (χ0v) is 21.7. The van der Waals surface area contributed by atoms with E-state index in [0.29, 0.717) is 11.3 Å². The first-order chi connectivity index (χ1) is 15.9. The second kappa shape index (κ2) is 16.7. The Bertz CT molecular complexity index is 1030. The molecule has 0 spiro atoms. The number of methoxy groups -OCH3 is 1. The maximum absolute atomic E-state index is 14.5. The van der Waals surface area contributed by atoms with Crippen molar-refractivity contribution in [2.75, 3.05) is 12.0 Å². The highest BCUT2D eigenvalue weighted by atomic mass is 127. The molecular formula is C26H30F2IN3O. The summed E-state index contributed by atoms with van der Waals surface area (Å²) >= 11 is 2.15. The third-order valence-electron chi connectivity index (χ3n) is 4.06. The molecule has 176 valence electrons. The highest BCUT2D eigenvalue weighted by Crippen LogP contribution is 2.29. The molecule has 0 saturated carbocycles. The molecule has 2 rings (SSSR count). The Balaban J connectivity index is 0.00000242. The largest absolute Gasteiger partial charge is 0.481 e. The quantitative estimate of drug-likeness (QED) is 0.120. The van der Waals surface area contributed by atoms with Gasteiger partial charge in [-0.05, 0) is 47.8 Å². The zero-order valence-electron chi connectivity index (χ0n) is 19.5. The average molecular weight is 565 g/mol. The molecule has 1 aromatic carbocycles. The van der Waals surface area contributed by atoms with Gasteiger partial charge >= 0.3 is 0 Å². The number of nitrogens with one attached hydrogen (secondary N) is 2. The number of benzene rings is 1. The fourth-order valence-corrected chi connectivity index (χ4v) is 2.70. The third-order valence-corrected chi connectivity index (χ3v) is 4.06. The van der Waals surface area contributed by atoms with E-state index in [4.69, 9.17) is 15.6 Å². The van der Waals surface area contributed by atoms with Crippen LogP contribution in [-0.2, 0) is 4.74 Å². The van der Waals surface area contributed by atoms with Gasteiger partial charge < -0.3 is 4.74 Å². The van der Waals surface area contributed by atoms with E-state index in [1.807, 2.05) is 18.8 Å². The smallest absolute Gasteiger partial charge is 0.215 e. The number of pyridine rings is 1. The summed E-state index contributed by atoms with van der Waals surface area (Å²) in [6, 6.07) is 8.00. The van der Waals surface area contributed by atoms with Crippen LogP contribution in [0, 0.1) is 22.5 Å². The lowest BCUT2D eigenvalue weighted by Crippen LogP contribution is -2.16. The van der Waals surface area contributed by atoms with Gasteiger partial charge in [0.2, 0.25) is 5.90 Å². The second-order valence-electron chi connectivity index (χ2n) is 5.84. The van der Waals surface area contributed by atoms with E-state index < -0.39 is 11.6 Å². The number of halogens is 3. The molecule has 0 fully saturated rings. The Kier molecular flexibility index (Phi) is 15.2. The van der Waals surface area contributed by atoms with Crippen molar-refractivity contribution >= 4 is 39.8 Å². The standard InChI is InChI=1S/C23H21F2N3O.C2H6.CH3I/c1-4-6-9-15(5-2)20(22(26)17-14-16(24)11-12-18(17)25)21(23(27)29-3)19-10-7-8-13-28-19;2*1-2/h4-14,26-27H,1H2,2-3H3;1-2H3;1H3/b9-6-,15-5+,21-20-,26-22?,27-23?;;. The van der Waals surface area contributed by atoms with Crippen LogP contribution in [0.15, 0.2) is 84.6 Å². The minimum atomic E-state index is -0.749. The zero-order chi connectivity index (χ0) is 25.4. The predicted molar refractivity (Wildman–Crippen MR) is 143 cm³/mol. The number of rotatable bonds is 7. The molecule has 0 aliphatic carbocycles. The van der Waals surface area contributed by atoms with Crippen LogP contribution < -0.4 is 0 Å². The Hall–Kier alpha value is -2.94. The number of hydrogen-bond acceptors (Lipinski definition) is 4. The van der Waals surface area contributed by atoms with Crippen molar-refractivity contribution in [1.82, 2.24) is 4.98 Å². The molecule has 0 amide bonds. The highest BCUT2D eigenvalue weighted by Gasteiger charge is 2.24. The van der Waals surface area contributed by atoms with Crippen LogP contribution in [-0.4, -0.2) is 28.6 Å². The van der Waals surface area contributed by atoms with Crippen molar-refractivity contribution in [2.24, 2.45) is 0 Å². The topological polar surface area (TPSA) is 69.8 Å². The maximum atomic E-state index is 14.5. The number of hydrogen-bond donors (Lipinski definition) is 2. The van der Waals surface area contributed by atoms with Crippen LogP contribution >= 0.6 is 22.6 Å². The fourth-order valence-electron chi connectivity index (χ4n) is 2.70. The normalized spacial score (nSPS) is 11.3. The Morgan fingerprint density at radius 1 is 1.12 bits per heavy atom. The van der Waals surface area contributed by atoms with Crippen LogP contribution in [0.5, 0.6) is 0 Å². The molecule has 0 unspecified atom stereocenters. The first-order valence-electron chi connectivity index (χ1n) is 10.1. The molecule has 0 aliphatic heterocycles. The maximum Gasteiger partial charge on any atom is 0.215 e. The van der Waals surface area contributed by atoms with E-state index in [1.54, 1.807) is 49.4 Å². The molecule has 4 nitrogen and oxygen atoms in total. The van der Waals surface area contributed by atoms with Crippen LogP contribution in [0.2, 0.25) is 0 Å². The SMILES string of the molecule is C=C\C=C/C(=C\C)C(/C(=N)c1cc(F)ccc1F)=C(/C(=N)OC)c1ccccn1.CC.CI. The van der Waals surface area contributed by atoms with Crippen LogP contribution in [0.1, 0.15) is 32.0 Å². The predicted octanol–water partition coefficient (Wildman–Crippen LogP) is 7.57. The monoisotopic (exact) mass is 565 g/mol. The van der Waals surface area contributed by atoms with Crippen LogP contribution in [0.3, 0.4) is 0 Å². The molecule has 1 aromatic heterocycles. The summed E-state index contributed by atoms with van der Waals surface area (Å²) in [5.74, 6) is -1.68. The molecule has 2 aromatic rings. The molecule has 1 heterocycles. The molecule has 2 N–H and O–H groups in total. The van der Waals surface area contributed by atoms with E-state index in [2.05, 4.69) is 34.2 Å². The minimum Gasteiger partial charge on any atom is -0.481 e. The third kappa shape index (κ3) is 8.49. The van der Waals surface area contributed by atoms with Crippen molar-refractivity contribution in [3.05, 3.63) is 108 Å². The summed E-state index contributed by atoms with van der Waals surface area (Å²) in [5.41, 5.74) is 0.697. The lowest BCUT2D eigenvalue weighted by molar-refractivity contribution is 0.405. The van der Waals surface area contributed by atoms with E-state index in [9.17, 15) is 8.78 Å². The van der Waals surface area contributed by atoms with Crippen molar-refractivity contribution in [1.29, 1.82) is 10.8 Å². The van der Waals surface area contributed by atoms with Crippen molar-refractivity contribution < 1.29 is 13.5 Å². The second-order valence-corrected chi connectivity index (χ2v) is 5.84. The summed E-state index contributed by atoms with van der Waals surface area (Å²) in [7, 11) is 1.32. The number of alkyl halides is 1. The van der Waals surface area contributed by atoms with Gasteiger partial charge in [0.15, 0.2) is 0 Å². The highest BCUT2D eigenvalue weighted by molar-refractivity contribution is 14.1. The van der Waals surface area contributed by atoms with Gasteiger partial charge in [-0.15, -0.1) is 0 Å². The fraction of sp³-hybridized carbons (Fsp3) is 0.192. The number of allylic oxidation sites excluding steroid dienone is 6. The Morgan fingerprint density at radius 2 is 1.79 bits per heavy atom. The minimum absolute atomic E-state index is 0.181. The molecule has 7 heteroatoms. The summed E-state index contributed by atoms with van der Waals surface area (Å²) in [6.45, 7) is 9.38. The van der Waals surface area contributed by atoms with Crippen molar-refractivity contribution in [3.8, 4) is 0 Å². The molecular weight excluding hydrogens is 535 g/mol. The molecule has 0 saturated heterocycles. The van der Waals surface area contributed by atoms with E-state index in [0.717, 1.165) is 18.2 Å². The Morgan fingerprint density at radius 3 is 2.30 bits per heavy atom. The van der Waals surface area contributed by atoms with Gasteiger partial charge in [0, 0.05) is 17.3 Å². The molecule has 0 bridgehead atoms. The summed E-state index contributed by atoms with van der Waals surface area (Å²) in [4.78, 5) is 6.24. The van der Waals surface area contributed by atoms with Gasteiger partial charge in [-0.2, -0.15) is 0 Å². The van der Waals surface area contributed by atoms with Crippen LogP contribution in [0.4, 0.5) is 8.78 Å². The van der Waals surface area contributed by atoms with Gasteiger partial charge in [0.25, 0.3) is 0 Å². The number of ether oxygens (including phenoxy) is 1. The average Bonchev–Trinajstić information content (AvgIpc) is 2.87. The lowest BCUT2D eigenvalue weighted by Gasteiger charge is -2.18. The Labute approximate surface area is 209 Å². The first-order valence-corrected chi connectivity index (χ1v) is 12.3. The number of nitrogens with zero attached hydrogens (tertiary/aromatic N) is 1. The van der Waals surface area contributed by atoms with Crippen molar-refractivity contribution in [2.45, 2.75) is 20.8 Å². The van der Waals surface area contributed by atoms with Gasteiger partial charge in [-0.3, -0.25) is 15.8 Å². The van der Waals surface area contributed by atoms with Gasteiger partial charge in [-0.25, -0.2) is 8.78 Å². The van der Waals surface area contributed by atoms with Crippen molar-refractivity contribution in [3.63, 3.8) is 0 Å². The summed E-state index contributed by atoms with van der Waals surface area (Å²) < 4.78 is 33.4. The molecule has 0 radical (unpaired) electrons. The molecule has 0 aliphatic rings. The van der Waals surface area contributed by atoms with Gasteiger partial charge in [-0.1, -0.05) is 73.4 Å². The van der Waals surface area contributed by atoms with Gasteiger partial charge in [0.05, 0.1) is 24.1 Å². The van der Waals surface area contributed by atoms with E-state index >= 15 is 0 Å². The van der Waals surface area contributed by atoms with Crippen LogP contribution in [0.25, 0.3) is 5.57 Å². The summed E-state index contributed by atoms with van der Waals surface area (Å²) in [6.07, 6.45) is 8.11. The molecule has 33 heavy (non-hydrogen) atoms. The van der Waals surface area contributed by atoms with E-state index in [-0.39, 0.29) is 28.3 Å². The molecule has 0 atom stereocenters. The lowest BCUT2D eigenvalue weighted by atomic mass is 9.89.